The average molecular weight is 302 g/mol. The molecule has 0 radical (unpaired) electrons. The molecule has 0 saturated heterocycles. The van der Waals surface area contributed by atoms with Gasteiger partial charge in [-0.15, -0.1) is 0 Å². The van der Waals surface area contributed by atoms with Crippen molar-refractivity contribution >= 4 is 16.7 Å². The van der Waals surface area contributed by atoms with Crippen molar-refractivity contribution in [2.24, 2.45) is 11.8 Å². The van der Waals surface area contributed by atoms with Crippen molar-refractivity contribution in [3.05, 3.63) is 59.2 Å². The van der Waals surface area contributed by atoms with Crippen molar-refractivity contribution in [3.8, 4) is 0 Å². The molecular weight excluding hydrogens is 280 g/mol. The van der Waals surface area contributed by atoms with Gasteiger partial charge in [0.15, 0.2) is 0 Å². The Balaban J connectivity index is 1.51. The maximum atomic E-state index is 5.01. The van der Waals surface area contributed by atoms with E-state index in [2.05, 4.69) is 54.3 Å². The smallest absolute Gasteiger partial charge is 0.132 e. The molecule has 3 aliphatic rings. The van der Waals surface area contributed by atoms with Crippen LogP contribution in [0.5, 0.6) is 0 Å². The highest BCUT2D eigenvalue weighted by Gasteiger charge is 2.35. The summed E-state index contributed by atoms with van der Waals surface area (Å²) in [5, 5.41) is 1.28. The van der Waals surface area contributed by atoms with Gasteiger partial charge >= 0.3 is 0 Å². The quantitative estimate of drug-likeness (QED) is 0.816. The van der Waals surface area contributed by atoms with Gasteiger partial charge in [-0.3, -0.25) is 0 Å². The van der Waals surface area contributed by atoms with Gasteiger partial charge in [0.25, 0.3) is 0 Å². The molecule has 2 atom stereocenters. The van der Waals surface area contributed by atoms with Gasteiger partial charge < -0.3 is 4.90 Å². The van der Waals surface area contributed by atoms with E-state index in [1.54, 1.807) is 0 Å². The van der Waals surface area contributed by atoms with Crippen LogP contribution in [-0.2, 0) is 6.42 Å². The Labute approximate surface area is 137 Å². The second-order valence-corrected chi connectivity index (χ2v) is 7.36. The summed E-state index contributed by atoms with van der Waals surface area (Å²) in [5.74, 6) is 2.88. The number of anilines is 1. The fourth-order valence-corrected chi connectivity index (χ4v) is 4.06. The molecule has 1 aromatic heterocycles. The predicted molar refractivity (Wildman–Crippen MR) is 95.8 cm³/mol. The number of hydrogen-bond donors (Lipinski definition) is 0. The van der Waals surface area contributed by atoms with E-state index in [-0.39, 0.29) is 0 Å². The first kappa shape index (κ1) is 13.4. The molecule has 2 heterocycles. The first-order chi connectivity index (χ1) is 11.3. The fourth-order valence-electron chi connectivity index (χ4n) is 4.06. The molecule has 2 heteroatoms. The standard InChI is InChI=1S/C21H22N2/c1-14-4-7-20-19(9-14)12-17-3-2-8-23(21(17)22-20)13-15-5-6-16-11-18(16)10-15/h4-7,9-10,12,16,18H,2-3,8,11,13H2,1H3. The van der Waals surface area contributed by atoms with Crippen LogP contribution in [0.2, 0.25) is 0 Å². The number of hydrogen-bond acceptors (Lipinski definition) is 2. The van der Waals surface area contributed by atoms with Gasteiger partial charge in [-0.2, -0.15) is 0 Å². The minimum absolute atomic E-state index is 0.826. The van der Waals surface area contributed by atoms with E-state index >= 15 is 0 Å². The molecule has 2 nitrogen and oxygen atoms in total. The summed E-state index contributed by atoms with van der Waals surface area (Å²) in [4.78, 5) is 7.49. The van der Waals surface area contributed by atoms with Crippen LogP contribution in [-0.4, -0.2) is 18.1 Å². The summed E-state index contributed by atoms with van der Waals surface area (Å²) >= 11 is 0. The predicted octanol–water partition coefficient (Wildman–Crippen LogP) is 4.43. The van der Waals surface area contributed by atoms with E-state index in [1.807, 2.05) is 0 Å². The first-order valence-electron chi connectivity index (χ1n) is 8.80. The van der Waals surface area contributed by atoms with E-state index in [4.69, 9.17) is 4.98 Å². The lowest BCUT2D eigenvalue weighted by Gasteiger charge is -2.31. The van der Waals surface area contributed by atoms with Crippen molar-refractivity contribution in [3.63, 3.8) is 0 Å². The van der Waals surface area contributed by atoms with Gasteiger partial charge in [0.2, 0.25) is 0 Å². The highest BCUT2D eigenvalue weighted by atomic mass is 15.2. The molecule has 1 aliphatic heterocycles. The van der Waals surface area contributed by atoms with E-state index in [9.17, 15) is 0 Å². The van der Waals surface area contributed by atoms with E-state index in [0.29, 0.717) is 0 Å². The Bertz CT molecular complexity index is 846. The number of nitrogens with zero attached hydrogens (tertiary/aromatic N) is 2. The highest BCUT2D eigenvalue weighted by molar-refractivity contribution is 5.83. The first-order valence-corrected chi connectivity index (χ1v) is 8.80. The highest BCUT2D eigenvalue weighted by Crippen LogP contribution is 2.44. The number of rotatable bonds is 2. The van der Waals surface area contributed by atoms with Crippen molar-refractivity contribution in [1.29, 1.82) is 0 Å². The summed E-state index contributed by atoms with van der Waals surface area (Å²) < 4.78 is 0. The summed E-state index contributed by atoms with van der Waals surface area (Å²) in [7, 11) is 0. The van der Waals surface area contributed by atoms with Gasteiger partial charge in [0.1, 0.15) is 5.82 Å². The topological polar surface area (TPSA) is 16.1 Å². The maximum absolute atomic E-state index is 5.01. The summed E-state index contributed by atoms with van der Waals surface area (Å²) in [6.45, 7) is 4.28. The van der Waals surface area contributed by atoms with Crippen LogP contribution in [0.3, 0.4) is 0 Å². The van der Waals surface area contributed by atoms with Gasteiger partial charge in [-0.25, -0.2) is 4.98 Å². The van der Waals surface area contributed by atoms with Gasteiger partial charge in [-0.05, 0) is 67.4 Å². The summed E-state index contributed by atoms with van der Waals surface area (Å²) in [6, 6.07) is 8.93. The molecule has 0 N–H and O–H groups in total. The average Bonchev–Trinajstić information content (AvgIpc) is 3.32. The maximum Gasteiger partial charge on any atom is 0.132 e. The molecule has 2 aromatic rings. The Morgan fingerprint density at radius 1 is 1.22 bits per heavy atom. The van der Waals surface area contributed by atoms with Crippen LogP contribution in [0.15, 0.2) is 48.1 Å². The number of fused-ring (bicyclic) bond motifs is 3. The minimum Gasteiger partial charge on any atom is -0.352 e. The summed E-state index contributed by atoms with van der Waals surface area (Å²) in [5.41, 5.74) is 5.32. The number of aromatic nitrogens is 1. The van der Waals surface area contributed by atoms with Crippen LogP contribution >= 0.6 is 0 Å². The van der Waals surface area contributed by atoms with Crippen LogP contribution in [0.4, 0.5) is 5.82 Å². The second-order valence-electron chi connectivity index (χ2n) is 7.36. The zero-order valence-corrected chi connectivity index (χ0v) is 13.6. The molecule has 1 fully saturated rings. The van der Waals surface area contributed by atoms with Crippen LogP contribution in [0.25, 0.3) is 10.9 Å². The number of allylic oxidation sites excluding steroid dienone is 2. The molecule has 5 rings (SSSR count). The molecule has 23 heavy (non-hydrogen) atoms. The molecule has 2 aliphatic carbocycles. The monoisotopic (exact) mass is 302 g/mol. The van der Waals surface area contributed by atoms with Crippen LogP contribution in [0, 0.1) is 18.8 Å². The molecule has 0 bridgehead atoms. The zero-order valence-electron chi connectivity index (χ0n) is 13.6. The van der Waals surface area contributed by atoms with E-state index in [0.717, 1.165) is 36.9 Å². The van der Waals surface area contributed by atoms with Gasteiger partial charge in [0.05, 0.1) is 5.52 Å². The molecule has 2 unspecified atom stereocenters. The Morgan fingerprint density at radius 3 is 3.09 bits per heavy atom. The number of pyridine rings is 1. The molecular formula is C21H22N2. The number of aryl methyl sites for hydroxylation is 2. The van der Waals surface area contributed by atoms with Gasteiger partial charge in [0, 0.05) is 18.5 Å². The molecule has 1 saturated carbocycles. The van der Waals surface area contributed by atoms with Crippen LogP contribution < -0.4 is 4.90 Å². The van der Waals surface area contributed by atoms with Crippen molar-refractivity contribution in [2.45, 2.75) is 26.2 Å². The fraction of sp³-hybridized carbons (Fsp3) is 0.381. The Morgan fingerprint density at radius 2 is 2.17 bits per heavy atom. The normalized spacial score (nSPS) is 25.1. The van der Waals surface area contributed by atoms with E-state index < -0.39 is 0 Å². The second kappa shape index (κ2) is 4.95. The lowest BCUT2D eigenvalue weighted by atomic mass is 10.0. The lowest BCUT2D eigenvalue weighted by molar-refractivity contribution is 0.704. The zero-order chi connectivity index (χ0) is 15.4. The number of benzene rings is 1. The van der Waals surface area contributed by atoms with Gasteiger partial charge in [-0.1, -0.05) is 29.9 Å². The summed E-state index contributed by atoms with van der Waals surface area (Å²) in [6.07, 6.45) is 11.0. The third-order valence-electron chi connectivity index (χ3n) is 5.45. The molecule has 0 amide bonds. The lowest BCUT2D eigenvalue weighted by Crippen LogP contribution is -2.32. The Kier molecular flexibility index (Phi) is 2.88. The van der Waals surface area contributed by atoms with Crippen molar-refractivity contribution < 1.29 is 0 Å². The molecule has 116 valence electrons. The van der Waals surface area contributed by atoms with Crippen LogP contribution in [0.1, 0.15) is 24.0 Å². The largest absolute Gasteiger partial charge is 0.352 e. The van der Waals surface area contributed by atoms with Crippen molar-refractivity contribution in [2.75, 3.05) is 18.0 Å². The molecule has 0 spiro atoms. The molecule has 1 aromatic carbocycles. The van der Waals surface area contributed by atoms with E-state index in [1.165, 1.54) is 40.7 Å². The third-order valence-corrected chi connectivity index (χ3v) is 5.45. The minimum atomic E-state index is 0.826. The SMILES string of the molecule is Cc1ccc2nc3c(cc2c1)CCCN3CC1=CC2CC2C=C1. The van der Waals surface area contributed by atoms with Crippen molar-refractivity contribution in [1.82, 2.24) is 4.98 Å². The third kappa shape index (κ3) is 2.37. The Hall–Kier alpha value is -2.09.